The van der Waals surface area contributed by atoms with Crippen LogP contribution in [0.25, 0.3) is 0 Å². The van der Waals surface area contributed by atoms with E-state index in [2.05, 4.69) is 4.74 Å². The lowest BCUT2D eigenvalue weighted by atomic mass is 10.1. The van der Waals surface area contributed by atoms with Crippen LogP contribution < -0.4 is 0 Å². The van der Waals surface area contributed by atoms with Gasteiger partial charge in [0, 0.05) is 6.54 Å². The summed E-state index contributed by atoms with van der Waals surface area (Å²) in [4.78, 5) is 16.4. The predicted molar refractivity (Wildman–Crippen MR) is 67.7 cm³/mol. The highest BCUT2D eigenvalue weighted by Crippen LogP contribution is 2.17. The van der Waals surface area contributed by atoms with Crippen LogP contribution in [0.1, 0.15) is 22.3 Å². The molecule has 1 aliphatic heterocycles. The number of rotatable bonds is 4. The Kier molecular flexibility index (Phi) is 4.18. The number of carbonyl (C=O) groups is 1. The molecule has 7 heteroatoms. The largest absolute Gasteiger partial charge is 0.465 e. The molecule has 1 fully saturated rings. The molecule has 0 spiro atoms. The standard InChI is InChI=1S/C12H15NO5S/c1-17-12(14)11-5-2-4-10(8-11)9-19(15,16)13-6-3-7-18-13/h2,4-5,8H,3,6-7,9H2,1H3. The summed E-state index contributed by atoms with van der Waals surface area (Å²) in [6.45, 7) is 0.792. The number of carbonyl (C=O) groups excluding carboxylic acids is 1. The Morgan fingerprint density at radius 2 is 2.26 bits per heavy atom. The van der Waals surface area contributed by atoms with Crippen LogP contribution in [-0.2, 0) is 25.4 Å². The van der Waals surface area contributed by atoms with Gasteiger partial charge in [0.2, 0.25) is 10.0 Å². The summed E-state index contributed by atoms with van der Waals surface area (Å²) in [6.07, 6.45) is 0.696. The third-order valence-corrected chi connectivity index (χ3v) is 4.33. The van der Waals surface area contributed by atoms with E-state index >= 15 is 0 Å². The molecule has 2 rings (SSSR count). The van der Waals surface area contributed by atoms with Gasteiger partial charge in [-0.3, -0.25) is 4.84 Å². The lowest BCUT2D eigenvalue weighted by Crippen LogP contribution is -2.28. The van der Waals surface area contributed by atoms with Gasteiger partial charge in [-0.25, -0.2) is 13.2 Å². The van der Waals surface area contributed by atoms with Crippen molar-refractivity contribution in [3.05, 3.63) is 35.4 Å². The molecule has 0 aliphatic carbocycles. The number of hydrogen-bond donors (Lipinski definition) is 0. The second-order valence-electron chi connectivity index (χ2n) is 4.16. The second-order valence-corrected chi connectivity index (χ2v) is 6.02. The Hall–Kier alpha value is -1.44. The lowest BCUT2D eigenvalue weighted by molar-refractivity contribution is -0.0286. The summed E-state index contributed by atoms with van der Waals surface area (Å²) in [6, 6.07) is 6.37. The average Bonchev–Trinajstić information content (AvgIpc) is 2.92. The highest BCUT2D eigenvalue weighted by atomic mass is 32.2. The van der Waals surface area contributed by atoms with Crippen LogP contribution in [0.2, 0.25) is 0 Å². The minimum absolute atomic E-state index is 0.197. The fourth-order valence-electron chi connectivity index (χ4n) is 1.83. The number of benzene rings is 1. The molecule has 1 heterocycles. The molecule has 0 amide bonds. The lowest BCUT2D eigenvalue weighted by Gasteiger charge is -2.14. The zero-order chi connectivity index (χ0) is 13.9. The molecule has 0 atom stereocenters. The van der Waals surface area contributed by atoms with Gasteiger partial charge in [-0.2, -0.15) is 0 Å². The van der Waals surface area contributed by atoms with Crippen LogP contribution in [0.15, 0.2) is 24.3 Å². The van der Waals surface area contributed by atoms with Crippen molar-refractivity contribution in [2.75, 3.05) is 20.3 Å². The molecular weight excluding hydrogens is 270 g/mol. The Labute approximate surface area is 111 Å². The zero-order valence-electron chi connectivity index (χ0n) is 10.5. The monoisotopic (exact) mass is 285 g/mol. The van der Waals surface area contributed by atoms with Crippen molar-refractivity contribution in [1.82, 2.24) is 4.47 Å². The number of nitrogens with zero attached hydrogens (tertiary/aromatic N) is 1. The first-order valence-corrected chi connectivity index (χ1v) is 7.44. The predicted octanol–water partition coefficient (Wildman–Crippen LogP) is 0.940. The highest BCUT2D eigenvalue weighted by molar-refractivity contribution is 7.88. The normalized spacial score (nSPS) is 16.5. The molecular formula is C12H15NO5S. The topological polar surface area (TPSA) is 72.9 Å². The van der Waals surface area contributed by atoms with E-state index in [1.807, 2.05) is 0 Å². The summed E-state index contributed by atoms with van der Waals surface area (Å²) in [5, 5.41) is 0. The Morgan fingerprint density at radius 1 is 1.47 bits per heavy atom. The molecule has 1 aliphatic rings. The number of hydroxylamine groups is 1. The van der Waals surface area contributed by atoms with Crippen LogP contribution in [0.5, 0.6) is 0 Å². The van der Waals surface area contributed by atoms with Gasteiger partial charge < -0.3 is 4.74 Å². The maximum absolute atomic E-state index is 12.0. The van der Waals surface area contributed by atoms with E-state index in [0.717, 1.165) is 4.47 Å². The van der Waals surface area contributed by atoms with E-state index < -0.39 is 16.0 Å². The number of hydrogen-bond acceptors (Lipinski definition) is 5. The maximum Gasteiger partial charge on any atom is 0.337 e. The first kappa shape index (κ1) is 14.0. The molecule has 1 saturated heterocycles. The molecule has 0 bridgehead atoms. The van der Waals surface area contributed by atoms with E-state index in [1.165, 1.54) is 13.2 Å². The van der Waals surface area contributed by atoms with Crippen molar-refractivity contribution < 1.29 is 22.8 Å². The maximum atomic E-state index is 12.0. The van der Waals surface area contributed by atoms with Crippen molar-refractivity contribution >= 4 is 16.0 Å². The van der Waals surface area contributed by atoms with Gasteiger partial charge in [0.1, 0.15) is 0 Å². The minimum atomic E-state index is -3.50. The van der Waals surface area contributed by atoms with Crippen LogP contribution in [0, 0.1) is 0 Å². The third-order valence-electron chi connectivity index (χ3n) is 2.73. The highest BCUT2D eigenvalue weighted by Gasteiger charge is 2.27. The van der Waals surface area contributed by atoms with Crippen molar-refractivity contribution in [1.29, 1.82) is 0 Å². The number of ether oxygens (including phenoxy) is 1. The summed E-state index contributed by atoms with van der Waals surface area (Å²) in [7, 11) is -2.22. The Morgan fingerprint density at radius 3 is 2.89 bits per heavy atom. The molecule has 6 nitrogen and oxygen atoms in total. The molecule has 19 heavy (non-hydrogen) atoms. The quantitative estimate of drug-likeness (QED) is 0.770. The van der Waals surface area contributed by atoms with Crippen molar-refractivity contribution in [2.45, 2.75) is 12.2 Å². The van der Waals surface area contributed by atoms with Gasteiger partial charge in [0.15, 0.2) is 0 Å². The van der Waals surface area contributed by atoms with Gasteiger partial charge in [-0.15, -0.1) is 0 Å². The zero-order valence-corrected chi connectivity index (χ0v) is 11.4. The molecule has 0 saturated carbocycles. The smallest absolute Gasteiger partial charge is 0.337 e. The van der Waals surface area contributed by atoms with Crippen LogP contribution >= 0.6 is 0 Å². The molecule has 0 radical (unpaired) electrons. The minimum Gasteiger partial charge on any atom is -0.465 e. The fraction of sp³-hybridized carbons (Fsp3) is 0.417. The van der Waals surface area contributed by atoms with Crippen LogP contribution in [0.4, 0.5) is 0 Å². The molecule has 0 N–H and O–H groups in total. The summed E-state index contributed by atoms with van der Waals surface area (Å²) in [5.41, 5.74) is 0.857. The number of sulfonamides is 1. The molecule has 1 aromatic rings. The van der Waals surface area contributed by atoms with Crippen molar-refractivity contribution in [3.63, 3.8) is 0 Å². The molecule has 0 unspecified atom stereocenters. The van der Waals surface area contributed by atoms with Crippen molar-refractivity contribution in [3.8, 4) is 0 Å². The van der Waals surface area contributed by atoms with Gasteiger partial charge in [0.25, 0.3) is 0 Å². The fourth-order valence-corrected chi connectivity index (χ4v) is 3.22. The van der Waals surface area contributed by atoms with E-state index in [9.17, 15) is 13.2 Å². The molecule has 0 aromatic heterocycles. The summed E-state index contributed by atoms with van der Waals surface area (Å²) in [5.74, 6) is -0.686. The first-order chi connectivity index (χ1) is 9.03. The van der Waals surface area contributed by atoms with Gasteiger partial charge in [-0.1, -0.05) is 16.6 Å². The Balaban J connectivity index is 2.16. The third kappa shape index (κ3) is 3.31. The van der Waals surface area contributed by atoms with E-state index in [1.54, 1.807) is 18.2 Å². The summed E-state index contributed by atoms with van der Waals surface area (Å²) >= 11 is 0. The van der Waals surface area contributed by atoms with E-state index in [4.69, 9.17) is 4.84 Å². The molecule has 104 valence electrons. The van der Waals surface area contributed by atoms with Gasteiger partial charge in [-0.05, 0) is 24.1 Å². The summed E-state index contributed by atoms with van der Waals surface area (Å²) < 4.78 is 29.7. The van der Waals surface area contributed by atoms with Gasteiger partial charge in [0.05, 0.1) is 25.0 Å². The van der Waals surface area contributed by atoms with Crippen LogP contribution in [0.3, 0.4) is 0 Å². The average molecular weight is 285 g/mol. The number of methoxy groups -OCH3 is 1. The number of esters is 1. The van der Waals surface area contributed by atoms with Gasteiger partial charge >= 0.3 is 5.97 Å². The Bertz CT molecular complexity index is 563. The first-order valence-electron chi connectivity index (χ1n) is 5.83. The van der Waals surface area contributed by atoms with Crippen LogP contribution in [-0.4, -0.2) is 39.1 Å². The molecule has 1 aromatic carbocycles. The van der Waals surface area contributed by atoms with Crippen molar-refractivity contribution in [2.24, 2.45) is 0 Å². The second kappa shape index (κ2) is 5.68. The van der Waals surface area contributed by atoms with E-state index in [-0.39, 0.29) is 5.75 Å². The van der Waals surface area contributed by atoms with E-state index in [0.29, 0.717) is 30.7 Å². The SMILES string of the molecule is COC(=O)c1cccc(CS(=O)(=O)N2CCCO2)c1.